The third kappa shape index (κ3) is 1.55. The van der Waals surface area contributed by atoms with Crippen LogP contribution in [0.5, 0.6) is 0 Å². The first-order valence-corrected chi connectivity index (χ1v) is 5.65. The Labute approximate surface area is 94.0 Å². The molecule has 1 aliphatic heterocycles. The Bertz CT molecular complexity index is 500. The average molecular weight is 217 g/mol. The molecular weight excluding hydrogens is 202 g/mol. The molecule has 4 nitrogen and oxygen atoms in total. The van der Waals surface area contributed by atoms with E-state index in [1.807, 2.05) is 22.7 Å². The lowest BCUT2D eigenvalue weighted by molar-refractivity contribution is 0.0846. The number of anilines is 1. The zero-order valence-corrected chi connectivity index (χ0v) is 9.10. The third-order valence-electron chi connectivity index (χ3n) is 3.17. The van der Waals surface area contributed by atoms with E-state index in [9.17, 15) is 0 Å². The molecule has 3 heterocycles. The highest BCUT2D eigenvalue weighted by atomic mass is 16.5. The van der Waals surface area contributed by atoms with Crippen LogP contribution in [0.25, 0.3) is 5.65 Å². The van der Waals surface area contributed by atoms with Gasteiger partial charge in [-0.15, -0.1) is 0 Å². The van der Waals surface area contributed by atoms with E-state index >= 15 is 0 Å². The first-order chi connectivity index (χ1) is 7.84. The topological polar surface area (TPSA) is 52.5 Å². The molecule has 0 atom stereocenters. The minimum absolute atomic E-state index is 0.521. The summed E-state index contributed by atoms with van der Waals surface area (Å²) in [5, 5.41) is 0. The predicted octanol–water partition coefficient (Wildman–Crippen LogP) is 1.81. The average Bonchev–Trinajstić information content (AvgIpc) is 2.76. The van der Waals surface area contributed by atoms with Gasteiger partial charge in [-0.25, -0.2) is 4.98 Å². The van der Waals surface area contributed by atoms with Gasteiger partial charge in [0, 0.05) is 31.5 Å². The van der Waals surface area contributed by atoms with Crippen molar-refractivity contribution in [3.63, 3.8) is 0 Å². The Morgan fingerprint density at radius 1 is 1.38 bits per heavy atom. The van der Waals surface area contributed by atoms with E-state index in [1.165, 1.54) is 0 Å². The van der Waals surface area contributed by atoms with E-state index in [0.29, 0.717) is 5.92 Å². The highest BCUT2D eigenvalue weighted by molar-refractivity contribution is 5.64. The van der Waals surface area contributed by atoms with Crippen LogP contribution in [0.2, 0.25) is 0 Å². The van der Waals surface area contributed by atoms with E-state index in [1.54, 1.807) is 0 Å². The summed E-state index contributed by atoms with van der Waals surface area (Å²) in [5.74, 6) is 0.521. The number of ether oxygens (including phenoxy) is 1. The van der Waals surface area contributed by atoms with Crippen molar-refractivity contribution in [2.24, 2.45) is 0 Å². The normalized spacial score (nSPS) is 18.0. The molecule has 1 saturated heterocycles. The quantitative estimate of drug-likeness (QED) is 0.792. The van der Waals surface area contributed by atoms with Crippen LogP contribution >= 0.6 is 0 Å². The van der Waals surface area contributed by atoms with Gasteiger partial charge < -0.3 is 14.9 Å². The molecule has 1 fully saturated rings. The molecule has 0 amide bonds. The summed E-state index contributed by atoms with van der Waals surface area (Å²) < 4.78 is 7.36. The summed E-state index contributed by atoms with van der Waals surface area (Å²) in [4.78, 5) is 4.62. The fraction of sp³-hybridized carbons (Fsp3) is 0.417. The van der Waals surface area contributed by atoms with Crippen molar-refractivity contribution in [1.82, 2.24) is 9.38 Å². The number of hydrogen-bond donors (Lipinski definition) is 1. The van der Waals surface area contributed by atoms with Gasteiger partial charge in [0.2, 0.25) is 0 Å². The Kier molecular flexibility index (Phi) is 2.29. The second-order valence-electron chi connectivity index (χ2n) is 4.25. The number of nitrogen functional groups attached to an aromatic ring is 1. The molecule has 4 heteroatoms. The minimum atomic E-state index is 0.521. The highest BCUT2D eigenvalue weighted by Crippen LogP contribution is 2.27. The molecule has 2 aromatic heterocycles. The molecule has 0 aliphatic carbocycles. The first-order valence-electron chi connectivity index (χ1n) is 5.65. The maximum Gasteiger partial charge on any atom is 0.160 e. The molecule has 1 aliphatic rings. The summed E-state index contributed by atoms with van der Waals surface area (Å²) in [6.07, 6.45) is 6.19. The molecule has 0 bridgehead atoms. The van der Waals surface area contributed by atoms with Crippen molar-refractivity contribution in [2.75, 3.05) is 18.9 Å². The molecular formula is C12H15N3O. The standard InChI is InChI=1S/C12H15N3O/c13-10-2-1-5-15-8-11(14-12(10)15)9-3-6-16-7-4-9/h1-2,5,8-9H,3-4,6-7,13H2. The van der Waals surface area contributed by atoms with Crippen molar-refractivity contribution in [1.29, 1.82) is 0 Å². The Morgan fingerprint density at radius 2 is 2.19 bits per heavy atom. The van der Waals surface area contributed by atoms with Crippen molar-refractivity contribution < 1.29 is 4.74 Å². The summed E-state index contributed by atoms with van der Waals surface area (Å²) >= 11 is 0. The van der Waals surface area contributed by atoms with Crippen LogP contribution in [0.4, 0.5) is 5.69 Å². The van der Waals surface area contributed by atoms with Gasteiger partial charge >= 0.3 is 0 Å². The third-order valence-corrected chi connectivity index (χ3v) is 3.17. The maximum atomic E-state index is 5.89. The maximum absolute atomic E-state index is 5.89. The van der Waals surface area contributed by atoms with Gasteiger partial charge in [0.05, 0.1) is 11.4 Å². The fourth-order valence-corrected chi connectivity index (χ4v) is 2.24. The summed E-state index contributed by atoms with van der Waals surface area (Å²) in [7, 11) is 0. The van der Waals surface area contributed by atoms with Crippen LogP contribution in [-0.4, -0.2) is 22.6 Å². The van der Waals surface area contributed by atoms with Crippen LogP contribution in [0.3, 0.4) is 0 Å². The lowest BCUT2D eigenvalue weighted by Crippen LogP contribution is -2.14. The van der Waals surface area contributed by atoms with Crippen LogP contribution in [0.1, 0.15) is 24.5 Å². The number of pyridine rings is 1. The van der Waals surface area contributed by atoms with Gasteiger partial charge in [-0.1, -0.05) is 0 Å². The second-order valence-corrected chi connectivity index (χ2v) is 4.25. The van der Waals surface area contributed by atoms with Gasteiger partial charge in [-0.2, -0.15) is 0 Å². The number of nitrogens with zero attached hydrogens (tertiary/aromatic N) is 2. The lowest BCUT2D eigenvalue weighted by Gasteiger charge is -2.19. The van der Waals surface area contributed by atoms with Crippen molar-refractivity contribution in [2.45, 2.75) is 18.8 Å². The number of imidazole rings is 1. The molecule has 0 unspecified atom stereocenters. The van der Waals surface area contributed by atoms with E-state index in [2.05, 4.69) is 11.2 Å². The molecule has 3 rings (SSSR count). The second kappa shape index (κ2) is 3.79. The van der Waals surface area contributed by atoms with E-state index in [-0.39, 0.29) is 0 Å². The smallest absolute Gasteiger partial charge is 0.160 e. The van der Waals surface area contributed by atoms with Crippen LogP contribution < -0.4 is 5.73 Å². The summed E-state index contributed by atoms with van der Waals surface area (Å²) in [5.41, 5.74) is 8.63. The van der Waals surface area contributed by atoms with E-state index in [4.69, 9.17) is 10.5 Å². The molecule has 2 aromatic rings. The van der Waals surface area contributed by atoms with E-state index < -0.39 is 0 Å². The fourth-order valence-electron chi connectivity index (χ4n) is 2.24. The van der Waals surface area contributed by atoms with Gasteiger partial charge in [0.1, 0.15) is 0 Å². The van der Waals surface area contributed by atoms with Crippen molar-refractivity contribution >= 4 is 11.3 Å². The SMILES string of the molecule is Nc1cccn2cc(C3CCOCC3)nc12. The van der Waals surface area contributed by atoms with Crippen molar-refractivity contribution in [3.05, 3.63) is 30.2 Å². The van der Waals surface area contributed by atoms with Crippen molar-refractivity contribution in [3.8, 4) is 0 Å². The van der Waals surface area contributed by atoms with Crippen LogP contribution in [-0.2, 0) is 4.74 Å². The molecule has 0 radical (unpaired) electrons. The molecule has 0 aromatic carbocycles. The summed E-state index contributed by atoms with van der Waals surface area (Å²) in [6.45, 7) is 1.68. The van der Waals surface area contributed by atoms with Gasteiger partial charge in [-0.05, 0) is 25.0 Å². The minimum Gasteiger partial charge on any atom is -0.396 e. The molecule has 0 saturated carbocycles. The molecule has 0 spiro atoms. The number of nitrogens with two attached hydrogens (primary N) is 1. The number of hydrogen-bond acceptors (Lipinski definition) is 3. The molecule has 16 heavy (non-hydrogen) atoms. The Hall–Kier alpha value is -1.55. The predicted molar refractivity (Wildman–Crippen MR) is 62.4 cm³/mol. The van der Waals surface area contributed by atoms with Gasteiger partial charge in [0.25, 0.3) is 0 Å². The lowest BCUT2D eigenvalue weighted by atomic mass is 9.97. The van der Waals surface area contributed by atoms with Crippen LogP contribution in [0.15, 0.2) is 24.5 Å². The number of aromatic nitrogens is 2. The Balaban J connectivity index is 2.01. The highest BCUT2D eigenvalue weighted by Gasteiger charge is 2.18. The first kappa shape index (κ1) is 9.66. The number of fused-ring (bicyclic) bond motifs is 1. The Morgan fingerprint density at radius 3 is 2.94 bits per heavy atom. The van der Waals surface area contributed by atoms with E-state index in [0.717, 1.165) is 43.1 Å². The number of rotatable bonds is 1. The van der Waals surface area contributed by atoms with Crippen LogP contribution in [0, 0.1) is 0 Å². The van der Waals surface area contributed by atoms with Gasteiger partial charge in [0.15, 0.2) is 5.65 Å². The zero-order valence-electron chi connectivity index (χ0n) is 9.10. The molecule has 2 N–H and O–H groups in total. The van der Waals surface area contributed by atoms with Gasteiger partial charge in [-0.3, -0.25) is 0 Å². The zero-order chi connectivity index (χ0) is 11.0. The summed E-state index contributed by atoms with van der Waals surface area (Å²) in [6, 6.07) is 3.83. The largest absolute Gasteiger partial charge is 0.396 e. The molecule has 84 valence electrons. The monoisotopic (exact) mass is 217 g/mol.